The maximum absolute atomic E-state index is 11.2. The summed E-state index contributed by atoms with van der Waals surface area (Å²) in [4.78, 5) is 33.3. The van der Waals surface area contributed by atoms with E-state index >= 15 is 0 Å². The minimum absolute atomic E-state index is 0.415. The van der Waals surface area contributed by atoms with Crippen LogP contribution in [0.1, 0.15) is 0 Å². The standard InChI is InChI=1S/C14H18O7/c1-4-11(16)7-21-14(8-15,9-19-12(17)5-2)10-20-13(18)6-3/h4-6,15H,1-3,7-10H2. The first-order chi connectivity index (χ1) is 9.92. The molecule has 0 aromatic carbocycles. The molecule has 0 aliphatic rings. The SMILES string of the molecule is C=CC(=O)COC(CO)(COC(=O)C=C)COC(=O)C=C. The van der Waals surface area contributed by atoms with Crippen molar-refractivity contribution in [1.29, 1.82) is 0 Å². The molecule has 0 aliphatic carbocycles. The van der Waals surface area contributed by atoms with Crippen LogP contribution in [0.5, 0.6) is 0 Å². The summed E-state index contributed by atoms with van der Waals surface area (Å²) in [5.74, 6) is -1.94. The zero-order valence-corrected chi connectivity index (χ0v) is 11.6. The van der Waals surface area contributed by atoms with E-state index in [4.69, 9.17) is 14.2 Å². The number of ketones is 1. The van der Waals surface area contributed by atoms with Crippen molar-refractivity contribution in [3.63, 3.8) is 0 Å². The number of esters is 2. The summed E-state index contributed by atoms with van der Waals surface area (Å²) in [6.07, 6.45) is 2.88. The van der Waals surface area contributed by atoms with Crippen molar-refractivity contribution in [2.75, 3.05) is 26.4 Å². The van der Waals surface area contributed by atoms with Gasteiger partial charge in [-0.05, 0) is 6.08 Å². The van der Waals surface area contributed by atoms with Gasteiger partial charge in [-0.25, -0.2) is 9.59 Å². The summed E-state index contributed by atoms with van der Waals surface area (Å²) >= 11 is 0. The molecule has 0 saturated carbocycles. The van der Waals surface area contributed by atoms with Crippen molar-refractivity contribution in [3.8, 4) is 0 Å². The molecular formula is C14H18O7. The highest BCUT2D eigenvalue weighted by atomic mass is 16.6. The van der Waals surface area contributed by atoms with Crippen LogP contribution >= 0.6 is 0 Å². The summed E-state index contributed by atoms with van der Waals surface area (Å²) in [5.41, 5.74) is -1.56. The Hall–Kier alpha value is -2.25. The Bertz CT molecular complexity index is 365. The highest BCUT2D eigenvalue weighted by Gasteiger charge is 2.34. The molecule has 0 amide bonds. The minimum atomic E-state index is -1.56. The van der Waals surface area contributed by atoms with E-state index in [0.29, 0.717) is 0 Å². The molecule has 1 N–H and O–H groups in total. The predicted octanol–water partition coefficient (Wildman–Crippen LogP) is -0.0524. The van der Waals surface area contributed by atoms with E-state index < -0.39 is 49.8 Å². The Labute approximate surface area is 122 Å². The van der Waals surface area contributed by atoms with Gasteiger partial charge in [0.15, 0.2) is 11.4 Å². The molecule has 21 heavy (non-hydrogen) atoms. The van der Waals surface area contributed by atoms with Gasteiger partial charge < -0.3 is 19.3 Å². The molecule has 0 radical (unpaired) electrons. The summed E-state index contributed by atoms with van der Waals surface area (Å²) in [6, 6.07) is 0. The molecule has 0 saturated heterocycles. The molecule has 0 aromatic heterocycles. The molecule has 7 nitrogen and oxygen atoms in total. The Balaban J connectivity index is 4.87. The largest absolute Gasteiger partial charge is 0.459 e. The van der Waals surface area contributed by atoms with Crippen LogP contribution < -0.4 is 0 Å². The van der Waals surface area contributed by atoms with Gasteiger partial charge in [0.25, 0.3) is 0 Å². The van der Waals surface area contributed by atoms with E-state index in [2.05, 4.69) is 19.7 Å². The van der Waals surface area contributed by atoms with E-state index in [1.807, 2.05) is 0 Å². The number of hydrogen-bond donors (Lipinski definition) is 1. The highest BCUT2D eigenvalue weighted by Crippen LogP contribution is 2.13. The molecule has 0 aliphatic heterocycles. The average molecular weight is 298 g/mol. The van der Waals surface area contributed by atoms with Crippen LogP contribution in [0, 0.1) is 0 Å². The first kappa shape index (κ1) is 18.8. The van der Waals surface area contributed by atoms with E-state index in [1.165, 1.54) is 0 Å². The van der Waals surface area contributed by atoms with E-state index in [0.717, 1.165) is 18.2 Å². The lowest BCUT2D eigenvalue weighted by molar-refractivity contribution is -0.175. The van der Waals surface area contributed by atoms with Gasteiger partial charge in [-0.3, -0.25) is 4.79 Å². The molecule has 0 atom stereocenters. The van der Waals surface area contributed by atoms with Gasteiger partial charge in [0.05, 0.1) is 6.61 Å². The molecule has 116 valence electrons. The molecule has 0 fully saturated rings. The van der Waals surface area contributed by atoms with E-state index in [1.54, 1.807) is 0 Å². The topological polar surface area (TPSA) is 99.1 Å². The fraction of sp³-hybridized carbons (Fsp3) is 0.357. The van der Waals surface area contributed by atoms with Crippen LogP contribution in [0.3, 0.4) is 0 Å². The molecule has 0 unspecified atom stereocenters. The summed E-state index contributed by atoms with van der Waals surface area (Å²) in [6.45, 7) is 7.79. The Kier molecular flexibility index (Phi) is 8.59. The molecule has 7 heteroatoms. The molecule has 0 spiro atoms. The van der Waals surface area contributed by atoms with Gasteiger partial charge in [0, 0.05) is 12.2 Å². The molecule has 0 heterocycles. The third-order valence-corrected chi connectivity index (χ3v) is 2.32. The van der Waals surface area contributed by atoms with Crippen molar-refractivity contribution in [2.24, 2.45) is 0 Å². The van der Waals surface area contributed by atoms with Crippen molar-refractivity contribution in [2.45, 2.75) is 5.60 Å². The van der Waals surface area contributed by atoms with Gasteiger partial charge in [-0.2, -0.15) is 0 Å². The Morgan fingerprint density at radius 2 is 1.43 bits per heavy atom. The first-order valence-electron chi connectivity index (χ1n) is 5.91. The van der Waals surface area contributed by atoms with Crippen molar-refractivity contribution >= 4 is 17.7 Å². The van der Waals surface area contributed by atoms with Crippen LogP contribution in [-0.4, -0.2) is 54.9 Å². The Morgan fingerprint density at radius 1 is 0.952 bits per heavy atom. The normalized spacial score (nSPS) is 10.3. The van der Waals surface area contributed by atoms with Crippen LogP contribution in [0.15, 0.2) is 38.0 Å². The van der Waals surface area contributed by atoms with Crippen molar-refractivity contribution in [3.05, 3.63) is 38.0 Å². The monoisotopic (exact) mass is 298 g/mol. The number of aliphatic hydroxyl groups is 1. The predicted molar refractivity (Wildman–Crippen MR) is 73.3 cm³/mol. The molecular weight excluding hydrogens is 280 g/mol. The summed E-state index contributed by atoms with van der Waals surface area (Å²) < 4.78 is 14.8. The third-order valence-electron chi connectivity index (χ3n) is 2.32. The molecule has 0 rings (SSSR count). The second-order valence-corrected chi connectivity index (χ2v) is 3.92. The number of carbonyl (C=O) groups excluding carboxylic acids is 3. The number of aliphatic hydroxyl groups excluding tert-OH is 1. The smallest absolute Gasteiger partial charge is 0.330 e. The van der Waals surface area contributed by atoms with Gasteiger partial charge in [-0.15, -0.1) is 0 Å². The van der Waals surface area contributed by atoms with Crippen molar-refractivity contribution < 1.29 is 33.7 Å². The fourth-order valence-corrected chi connectivity index (χ4v) is 1.07. The van der Waals surface area contributed by atoms with Crippen LogP contribution in [0.2, 0.25) is 0 Å². The maximum Gasteiger partial charge on any atom is 0.330 e. The van der Waals surface area contributed by atoms with Gasteiger partial charge in [0.1, 0.15) is 19.8 Å². The summed E-state index contributed by atoms with van der Waals surface area (Å²) in [5, 5.41) is 9.44. The molecule has 0 aromatic rings. The lowest BCUT2D eigenvalue weighted by atomic mass is 10.1. The average Bonchev–Trinajstić information content (AvgIpc) is 2.53. The Morgan fingerprint density at radius 3 is 1.76 bits per heavy atom. The number of hydrogen-bond acceptors (Lipinski definition) is 7. The second kappa shape index (κ2) is 9.62. The van der Waals surface area contributed by atoms with Crippen LogP contribution in [0.4, 0.5) is 0 Å². The minimum Gasteiger partial charge on any atom is -0.459 e. The first-order valence-corrected chi connectivity index (χ1v) is 5.91. The molecule has 0 bridgehead atoms. The van der Waals surface area contributed by atoms with Crippen molar-refractivity contribution in [1.82, 2.24) is 0 Å². The summed E-state index contributed by atoms with van der Waals surface area (Å²) in [7, 11) is 0. The second-order valence-electron chi connectivity index (χ2n) is 3.92. The fourth-order valence-electron chi connectivity index (χ4n) is 1.07. The van der Waals surface area contributed by atoms with Gasteiger partial charge in [0.2, 0.25) is 0 Å². The lowest BCUT2D eigenvalue weighted by Crippen LogP contribution is -2.48. The zero-order valence-electron chi connectivity index (χ0n) is 11.6. The van der Waals surface area contributed by atoms with Crippen LogP contribution in [0.25, 0.3) is 0 Å². The number of carbonyl (C=O) groups is 3. The van der Waals surface area contributed by atoms with E-state index in [9.17, 15) is 19.5 Å². The zero-order chi connectivity index (χ0) is 16.3. The quantitative estimate of drug-likeness (QED) is 0.421. The lowest BCUT2D eigenvalue weighted by Gasteiger charge is -2.30. The third kappa shape index (κ3) is 7.19. The highest BCUT2D eigenvalue weighted by molar-refractivity contribution is 5.90. The van der Waals surface area contributed by atoms with Gasteiger partial charge in [-0.1, -0.05) is 19.7 Å². The maximum atomic E-state index is 11.2. The van der Waals surface area contributed by atoms with Gasteiger partial charge >= 0.3 is 11.9 Å². The number of ether oxygens (including phenoxy) is 3. The number of rotatable bonds is 11. The van der Waals surface area contributed by atoms with E-state index in [-0.39, 0.29) is 0 Å². The van der Waals surface area contributed by atoms with Crippen LogP contribution in [-0.2, 0) is 28.6 Å².